The van der Waals surface area contributed by atoms with Gasteiger partial charge in [-0.1, -0.05) is 0 Å². The Morgan fingerprint density at radius 1 is 1.59 bits per heavy atom. The average Bonchev–Trinajstić information content (AvgIpc) is 2.70. The van der Waals surface area contributed by atoms with Crippen LogP contribution in [0.3, 0.4) is 0 Å². The van der Waals surface area contributed by atoms with Gasteiger partial charge in [0.2, 0.25) is 0 Å². The lowest BCUT2D eigenvalue weighted by Crippen LogP contribution is -2.18. The van der Waals surface area contributed by atoms with E-state index in [1.807, 2.05) is 11.4 Å². The molecule has 0 amide bonds. The van der Waals surface area contributed by atoms with Crippen molar-refractivity contribution in [1.29, 1.82) is 0 Å². The number of nitrogens with one attached hydrogen (secondary N) is 1. The fraction of sp³-hybridized carbons (Fsp3) is 0.273. The van der Waals surface area contributed by atoms with Crippen LogP contribution >= 0.6 is 27.3 Å². The van der Waals surface area contributed by atoms with Crippen LogP contribution in [0.15, 0.2) is 20.7 Å². The van der Waals surface area contributed by atoms with Crippen LogP contribution in [-0.4, -0.2) is 21.7 Å². The first-order chi connectivity index (χ1) is 8.11. The number of hydrogen-bond donors (Lipinski definition) is 2. The summed E-state index contributed by atoms with van der Waals surface area (Å²) in [4.78, 5) is 19.8. The van der Waals surface area contributed by atoms with E-state index in [2.05, 4.69) is 25.9 Å². The van der Waals surface area contributed by atoms with Gasteiger partial charge in [0.1, 0.15) is 0 Å². The maximum Gasteiger partial charge on any atom is 0.254 e. The highest BCUT2D eigenvalue weighted by molar-refractivity contribution is 9.10. The number of aliphatic hydroxyl groups excluding tert-OH is 1. The molecule has 0 aromatic carbocycles. The predicted octanol–water partition coefficient (Wildman–Crippen LogP) is 2.10. The number of hydrogen-bond acceptors (Lipinski definition) is 4. The fourth-order valence-corrected chi connectivity index (χ4v) is 2.94. The number of aliphatic hydroxyl groups is 1. The number of halogens is 1. The van der Waals surface area contributed by atoms with E-state index >= 15 is 0 Å². The van der Waals surface area contributed by atoms with Crippen molar-refractivity contribution in [2.45, 2.75) is 13.3 Å². The number of H-pyrrole nitrogens is 1. The first-order valence-corrected chi connectivity index (χ1v) is 6.74. The molecule has 2 rings (SSSR count). The second-order valence-electron chi connectivity index (χ2n) is 3.58. The summed E-state index contributed by atoms with van der Waals surface area (Å²) in [6, 6.07) is 1.91. The topological polar surface area (TPSA) is 66.0 Å². The minimum Gasteiger partial charge on any atom is -0.396 e. The summed E-state index contributed by atoms with van der Waals surface area (Å²) in [5, 5.41) is 10.8. The third kappa shape index (κ3) is 2.65. The van der Waals surface area contributed by atoms with E-state index < -0.39 is 0 Å². The Kier molecular flexibility index (Phi) is 3.76. The normalized spacial score (nSPS) is 10.8. The highest BCUT2D eigenvalue weighted by atomic mass is 79.9. The Hall–Kier alpha value is -0.980. The molecule has 6 heteroatoms. The van der Waals surface area contributed by atoms with Crippen molar-refractivity contribution >= 4 is 27.3 Å². The van der Waals surface area contributed by atoms with Gasteiger partial charge in [0.15, 0.2) is 5.82 Å². The Balaban J connectivity index is 2.49. The van der Waals surface area contributed by atoms with Gasteiger partial charge in [-0.25, -0.2) is 4.98 Å². The van der Waals surface area contributed by atoms with Gasteiger partial charge in [-0.15, -0.1) is 11.3 Å². The smallest absolute Gasteiger partial charge is 0.254 e. The second-order valence-corrected chi connectivity index (χ2v) is 5.41. The van der Waals surface area contributed by atoms with Crippen LogP contribution in [0.1, 0.15) is 11.3 Å². The molecule has 2 aromatic rings. The molecule has 2 aromatic heterocycles. The van der Waals surface area contributed by atoms with Crippen molar-refractivity contribution in [2.75, 3.05) is 6.61 Å². The van der Waals surface area contributed by atoms with E-state index in [9.17, 15) is 4.79 Å². The number of aromatic nitrogens is 2. The Morgan fingerprint density at radius 2 is 2.35 bits per heavy atom. The monoisotopic (exact) mass is 314 g/mol. The summed E-state index contributed by atoms with van der Waals surface area (Å²) >= 11 is 4.87. The minimum absolute atomic E-state index is 0.0461. The molecule has 90 valence electrons. The zero-order chi connectivity index (χ0) is 12.4. The maximum absolute atomic E-state index is 11.8. The number of aryl methyl sites for hydroxylation is 1. The van der Waals surface area contributed by atoms with Crippen molar-refractivity contribution in [1.82, 2.24) is 9.97 Å². The molecular weight excluding hydrogens is 304 g/mol. The molecule has 0 saturated heterocycles. The lowest BCUT2D eigenvalue weighted by atomic mass is 10.2. The van der Waals surface area contributed by atoms with E-state index in [1.54, 1.807) is 6.92 Å². The minimum atomic E-state index is -0.175. The lowest BCUT2D eigenvalue weighted by molar-refractivity contribution is 0.298. The summed E-state index contributed by atoms with van der Waals surface area (Å²) < 4.78 is 0.970. The van der Waals surface area contributed by atoms with Crippen molar-refractivity contribution in [2.24, 2.45) is 0 Å². The molecule has 0 unspecified atom stereocenters. The first kappa shape index (κ1) is 12.5. The summed E-state index contributed by atoms with van der Waals surface area (Å²) in [7, 11) is 0. The highest BCUT2D eigenvalue weighted by Gasteiger charge is 2.10. The van der Waals surface area contributed by atoms with Crippen molar-refractivity contribution in [3.8, 4) is 10.7 Å². The first-order valence-electron chi connectivity index (χ1n) is 5.07. The van der Waals surface area contributed by atoms with Gasteiger partial charge in [0, 0.05) is 34.1 Å². The molecule has 2 N–H and O–H groups in total. The van der Waals surface area contributed by atoms with Gasteiger partial charge in [0.25, 0.3) is 5.56 Å². The van der Waals surface area contributed by atoms with E-state index in [4.69, 9.17) is 5.11 Å². The molecule has 17 heavy (non-hydrogen) atoms. The van der Waals surface area contributed by atoms with Gasteiger partial charge in [-0.3, -0.25) is 4.79 Å². The van der Waals surface area contributed by atoms with Crippen LogP contribution in [0.5, 0.6) is 0 Å². The third-order valence-corrected chi connectivity index (χ3v) is 4.08. The molecule has 0 aliphatic heterocycles. The van der Waals surface area contributed by atoms with Crippen LogP contribution in [0.2, 0.25) is 0 Å². The number of aromatic amines is 1. The Bertz CT molecular complexity index is 591. The molecule has 0 spiro atoms. The zero-order valence-electron chi connectivity index (χ0n) is 9.16. The summed E-state index contributed by atoms with van der Waals surface area (Å²) in [5.74, 6) is 0.574. The molecular formula is C11H11BrN2O2S. The van der Waals surface area contributed by atoms with Gasteiger partial charge < -0.3 is 10.1 Å². The Morgan fingerprint density at radius 3 is 2.88 bits per heavy atom. The number of nitrogens with zero attached hydrogens (tertiary/aromatic N) is 1. The summed E-state index contributed by atoms with van der Waals surface area (Å²) in [6.07, 6.45) is 0.336. The molecule has 0 radical (unpaired) electrons. The lowest BCUT2D eigenvalue weighted by Gasteiger charge is -2.04. The zero-order valence-corrected chi connectivity index (χ0v) is 11.6. The summed E-state index contributed by atoms with van der Waals surface area (Å²) in [6.45, 7) is 1.74. The number of thiophene rings is 1. The van der Waals surface area contributed by atoms with Crippen molar-refractivity contribution < 1.29 is 5.11 Å². The van der Waals surface area contributed by atoms with Crippen LogP contribution < -0.4 is 5.56 Å². The standard InChI is InChI=1S/C11H11BrN2O2S/c1-6-8(2-3-15)11(16)14-10(13-6)9-4-7(12)5-17-9/h4-5,15H,2-3H2,1H3,(H,13,14,16). The van der Waals surface area contributed by atoms with Gasteiger partial charge in [0.05, 0.1) is 4.88 Å². The molecule has 0 fully saturated rings. The van der Waals surface area contributed by atoms with Crippen LogP contribution in [-0.2, 0) is 6.42 Å². The van der Waals surface area contributed by atoms with E-state index in [1.165, 1.54) is 11.3 Å². The largest absolute Gasteiger partial charge is 0.396 e. The van der Waals surface area contributed by atoms with Crippen molar-refractivity contribution in [3.63, 3.8) is 0 Å². The predicted molar refractivity (Wildman–Crippen MR) is 71.4 cm³/mol. The summed E-state index contributed by atoms with van der Waals surface area (Å²) in [5.41, 5.74) is 1.04. The van der Waals surface area contributed by atoms with Crippen LogP contribution in [0.25, 0.3) is 10.7 Å². The van der Waals surface area contributed by atoms with Crippen molar-refractivity contribution in [3.05, 3.63) is 37.5 Å². The van der Waals surface area contributed by atoms with Gasteiger partial charge in [-0.2, -0.15) is 0 Å². The molecule has 0 bridgehead atoms. The highest BCUT2D eigenvalue weighted by Crippen LogP contribution is 2.27. The molecule has 0 saturated carbocycles. The number of rotatable bonds is 3. The van der Waals surface area contributed by atoms with Gasteiger partial charge in [-0.05, 0) is 28.9 Å². The quantitative estimate of drug-likeness (QED) is 0.911. The molecule has 0 aliphatic carbocycles. The van der Waals surface area contributed by atoms with E-state index in [-0.39, 0.29) is 12.2 Å². The molecule has 4 nitrogen and oxygen atoms in total. The van der Waals surface area contributed by atoms with Crippen LogP contribution in [0.4, 0.5) is 0 Å². The van der Waals surface area contributed by atoms with Crippen LogP contribution in [0, 0.1) is 6.92 Å². The van der Waals surface area contributed by atoms with Gasteiger partial charge >= 0.3 is 0 Å². The Labute approximate surface area is 110 Å². The maximum atomic E-state index is 11.8. The second kappa shape index (κ2) is 5.12. The SMILES string of the molecule is Cc1nc(-c2cc(Br)cs2)[nH]c(=O)c1CCO. The molecule has 0 atom stereocenters. The molecule has 0 aliphatic rings. The molecule has 2 heterocycles. The third-order valence-electron chi connectivity index (χ3n) is 2.38. The fourth-order valence-electron chi connectivity index (χ4n) is 1.57. The van der Waals surface area contributed by atoms with E-state index in [0.717, 1.165) is 9.35 Å². The van der Waals surface area contributed by atoms with E-state index in [0.29, 0.717) is 23.5 Å². The average molecular weight is 315 g/mol.